The highest BCUT2D eigenvalue weighted by atomic mass is 35.5. The van der Waals surface area contributed by atoms with Crippen molar-refractivity contribution < 1.29 is 5.11 Å². The average Bonchev–Trinajstić information content (AvgIpc) is 2.84. The zero-order chi connectivity index (χ0) is 12.8. The summed E-state index contributed by atoms with van der Waals surface area (Å²) in [6.45, 7) is -0.136. The van der Waals surface area contributed by atoms with Gasteiger partial charge in [-0.2, -0.15) is 4.68 Å². The van der Waals surface area contributed by atoms with E-state index in [4.69, 9.17) is 16.7 Å². The lowest BCUT2D eigenvalue weighted by atomic mass is 10.3. The Labute approximate surface area is 113 Å². The van der Waals surface area contributed by atoms with Crippen molar-refractivity contribution in [2.45, 2.75) is 5.16 Å². The van der Waals surface area contributed by atoms with Gasteiger partial charge in [0.25, 0.3) is 0 Å². The Bertz CT molecular complexity index is 573. The number of tetrazole rings is 1. The van der Waals surface area contributed by atoms with Crippen LogP contribution in [0.25, 0.3) is 5.69 Å². The third-order valence-corrected chi connectivity index (χ3v) is 3.04. The summed E-state index contributed by atoms with van der Waals surface area (Å²) in [6.07, 6.45) is 0. The zero-order valence-corrected chi connectivity index (χ0v) is 10.8. The molecule has 0 fully saturated rings. The van der Waals surface area contributed by atoms with Gasteiger partial charge in [0, 0.05) is 5.02 Å². The van der Waals surface area contributed by atoms with Crippen molar-refractivity contribution in [1.82, 2.24) is 20.2 Å². The van der Waals surface area contributed by atoms with Gasteiger partial charge >= 0.3 is 0 Å². The molecule has 0 aliphatic rings. The largest absolute Gasteiger partial charge is 0.384 e. The second-order valence-electron chi connectivity index (χ2n) is 3.15. The van der Waals surface area contributed by atoms with E-state index in [0.717, 1.165) is 5.69 Å². The van der Waals surface area contributed by atoms with E-state index < -0.39 is 0 Å². The highest BCUT2D eigenvalue weighted by molar-refractivity contribution is 7.99. The summed E-state index contributed by atoms with van der Waals surface area (Å²) in [6, 6.07) is 7.22. The lowest BCUT2D eigenvalue weighted by Gasteiger charge is -2.02. The normalized spacial score (nSPS) is 9.89. The zero-order valence-electron chi connectivity index (χ0n) is 9.25. The van der Waals surface area contributed by atoms with Gasteiger partial charge in [-0.05, 0) is 34.7 Å². The number of aromatic nitrogens is 4. The third kappa shape index (κ3) is 3.23. The van der Waals surface area contributed by atoms with Crippen LogP contribution >= 0.6 is 23.4 Å². The molecule has 1 aromatic carbocycles. The van der Waals surface area contributed by atoms with Crippen molar-refractivity contribution in [3.63, 3.8) is 0 Å². The molecule has 1 aromatic heterocycles. The van der Waals surface area contributed by atoms with E-state index in [1.54, 1.807) is 16.8 Å². The number of aliphatic hydroxyl groups is 1. The predicted molar refractivity (Wildman–Crippen MR) is 69.7 cm³/mol. The highest BCUT2D eigenvalue weighted by Crippen LogP contribution is 2.19. The maximum absolute atomic E-state index is 8.54. The molecule has 5 nitrogen and oxygen atoms in total. The first-order valence-electron chi connectivity index (χ1n) is 5.05. The minimum atomic E-state index is -0.136. The summed E-state index contributed by atoms with van der Waals surface area (Å²) in [5.74, 6) is 5.88. The number of benzene rings is 1. The molecular formula is C11H9ClN4OS. The van der Waals surface area contributed by atoms with Crippen LogP contribution in [0.2, 0.25) is 5.02 Å². The Morgan fingerprint density at radius 3 is 2.78 bits per heavy atom. The van der Waals surface area contributed by atoms with Crippen LogP contribution in [0, 0.1) is 11.8 Å². The molecule has 0 radical (unpaired) electrons. The first-order chi connectivity index (χ1) is 8.81. The molecule has 0 saturated carbocycles. The quantitative estimate of drug-likeness (QED) is 0.680. The average molecular weight is 281 g/mol. The molecule has 0 amide bonds. The Morgan fingerprint density at radius 1 is 1.28 bits per heavy atom. The number of rotatable bonds is 3. The summed E-state index contributed by atoms with van der Waals surface area (Å²) in [7, 11) is 0. The Balaban J connectivity index is 2.14. The summed E-state index contributed by atoms with van der Waals surface area (Å²) < 4.78 is 1.61. The van der Waals surface area contributed by atoms with Gasteiger partial charge in [-0.3, -0.25) is 0 Å². The topological polar surface area (TPSA) is 63.8 Å². The molecule has 92 valence electrons. The van der Waals surface area contributed by atoms with Gasteiger partial charge in [-0.15, -0.1) is 5.10 Å². The number of nitrogens with zero attached hydrogens (tertiary/aromatic N) is 4. The van der Waals surface area contributed by atoms with Crippen molar-refractivity contribution >= 4 is 23.4 Å². The van der Waals surface area contributed by atoms with Crippen molar-refractivity contribution in [2.75, 3.05) is 12.4 Å². The van der Waals surface area contributed by atoms with Crippen LogP contribution in [-0.4, -0.2) is 37.7 Å². The monoisotopic (exact) mass is 280 g/mol. The lowest BCUT2D eigenvalue weighted by Crippen LogP contribution is -1.98. The van der Waals surface area contributed by atoms with Crippen molar-refractivity contribution in [3.8, 4) is 17.5 Å². The number of aliphatic hydroxyl groups excluding tert-OH is 1. The van der Waals surface area contributed by atoms with E-state index in [2.05, 4.69) is 27.4 Å². The summed E-state index contributed by atoms with van der Waals surface area (Å²) in [5, 5.41) is 21.3. The molecule has 0 aliphatic heterocycles. The van der Waals surface area contributed by atoms with Crippen LogP contribution in [0.5, 0.6) is 0 Å². The van der Waals surface area contributed by atoms with E-state index in [9.17, 15) is 0 Å². The molecule has 0 spiro atoms. The van der Waals surface area contributed by atoms with Gasteiger partial charge in [-0.25, -0.2) is 0 Å². The first-order valence-corrected chi connectivity index (χ1v) is 6.41. The fraction of sp³-hybridized carbons (Fsp3) is 0.182. The fourth-order valence-electron chi connectivity index (χ4n) is 1.22. The lowest BCUT2D eigenvalue weighted by molar-refractivity contribution is 0.350. The number of hydrogen-bond acceptors (Lipinski definition) is 5. The molecule has 2 aromatic rings. The Kier molecular flexibility index (Phi) is 4.59. The molecule has 1 heterocycles. The SMILES string of the molecule is OCC#CCSc1nnnn1-c1ccc(Cl)cc1. The molecule has 18 heavy (non-hydrogen) atoms. The van der Waals surface area contributed by atoms with E-state index >= 15 is 0 Å². The minimum Gasteiger partial charge on any atom is -0.384 e. The molecule has 2 rings (SSSR count). The second-order valence-corrected chi connectivity index (χ2v) is 4.53. The fourth-order valence-corrected chi connectivity index (χ4v) is 2.01. The van der Waals surface area contributed by atoms with Crippen LogP contribution in [0.4, 0.5) is 0 Å². The van der Waals surface area contributed by atoms with Gasteiger partial charge in [0.15, 0.2) is 0 Å². The number of thioether (sulfide) groups is 1. The van der Waals surface area contributed by atoms with Crippen molar-refractivity contribution in [1.29, 1.82) is 0 Å². The highest BCUT2D eigenvalue weighted by Gasteiger charge is 2.07. The maximum Gasteiger partial charge on any atom is 0.215 e. The summed E-state index contributed by atoms with van der Waals surface area (Å²) in [4.78, 5) is 0. The maximum atomic E-state index is 8.54. The third-order valence-electron chi connectivity index (χ3n) is 1.99. The van der Waals surface area contributed by atoms with Gasteiger partial charge in [0.05, 0.1) is 11.4 Å². The molecule has 7 heteroatoms. The van der Waals surface area contributed by atoms with Gasteiger partial charge in [0.2, 0.25) is 5.16 Å². The van der Waals surface area contributed by atoms with Crippen LogP contribution in [-0.2, 0) is 0 Å². The molecular weight excluding hydrogens is 272 g/mol. The van der Waals surface area contributed by atoms with Crippen LogP contribution < -0.4 is 0 Å². The minimum absolute atomic E-state index is 0.136. The van der Waals surface area contributed by atoms with Crippen LogP contribution in [0.1, 0.15) is 0 Å². The molecule has 0 bridgehead atoms. The Hall–Kier alpha value is -1.55. The van der Waals surface area contributed by atoms with E-state index in [-0.39, 0.29) is 6.61 Å². The standard InChI is InChI=1S/C11H9ClN4OS/c12-9-3-5-10(6-4-9)16-11(13-14-15-16)18-8-2-1-7-17/h3-6,17H,7-8H2. The Morgan fingerprint density at radius 2 is 2.06 bits per heavy atom. The molecule has 0 unspecified atom stereocenters. The van der Waals surface area contributed by atoms with Crippen LogP contribution in [0.15, 0.2) is 29.4 Å². The molecule has 1 N–H and O–H groups in total. The van der Waals surface area contributed by atoms with E-state index in [0.29, 0.717) is 15.9 Å². The van der Waals surface area contributed by atoms with Crippen LogP contribution in [0.3, 0.4) is 0 Å². The number of halogens is 1. The first kappa shape index (κ1) is 12.9. The number of hydrogen-bond donors (Lipinski definition) is 1. The molecule has 0 saturated heterocycles. The summed E-state index contributed by atoms with van der Waals surface area (Å²) >= 11 is 7.22. The molecule has 0 atom stereocenters. The predicted octanol–water partition coefficient (Wildman–Crippen LogP) is 1.40. The smallest absolute Gasteiger partial charge is 0.215 e. The molecule has 0 aliphatic carbocycles. The van der Waals surface area contributed by atoms with E-state index in [1.165, 1.54) is 11.8 Å². The van der Waals surface area contributed by atoms with Gasteiger partial charge < -0.3 is 5.11 Å². The summed E-state index contributed by atoms with van der Waals surface area (Å²) in [5.41, 5.74) is 0.835. The van der Waals surface area contributed by atoms with E-state index in [1.807, 2.05) is 12.1 Å². The van der Waals surface area contributed by atoms with Gasteiger partial charge in [-0.1, -0.05) is 35.2 Å². The van der Waals surface area contributed by atoms with Crippen molar-refractivity contribution in [2.24, 2.45) is 0 Å². The van der Waals surface area contributed by atoms with Crippen molar-refractivity contribution in [3.05, 3.63) is 29.3 Å². The van der Waals surface area contributed by atoms with Gasteiger partial charge in [0.1, 0.15) is 6.61 Å². The second kappa shape index (κ2) is 6.40.